The van der Waals surface area contributed by atoms with Crippen molar-refractivity contribution in [3.05, 3.63) is 35.1 Å². The van der Waals surface area contributed by atoms with Gasteiger partial charge in [-0.25, -0.2) is 13.6 Å². The Morgan fingerprint density at radius 2 is 1.84 bits per heavy atom. The predicted molar refractivity (Wildman–Crippen MR) is 120 cm³/mol. The number of rotatable bonds is 7. The van der Waals surface area contributed by atoms with Crippen molar-refractivity contribution in [2.45, 2.75) is 70.8 Å². The maximum atomic E-state index is 13.5. The summed E-state index contributed by atoms with van der Waals surface area (Å²) in [7, 11) is 1.33. The zero-order valence-electron chi connectivity index (χ0n) is 19.5. The van der Waals surface area contributed by atoms with Crippen LogP contribution in [0.3, 0.4) is 0 Å². The van der Waals surface area contributed by atoms with E-state index < -0.39 is 11.9 Å². The smallest absolute Gasteiger partial charge is 0.338 e. The fraction of sp³-hybridized carbons (Fsp3) is 0.680. The molecule has 0 aromatic heterocycles. The predicted octanol–water partition coefficient (Wildman–Crippen LogP) is 4.40. The molecule has 5 nitrogen and oxygen atoms in total. The summed E-state index contributed by atoms with van der Waals surface area (Å²) < 4.78 is 32.0. The first-order chi connectivity index (χ1) is 15.2. The van der Waals surface area contributed by atoms with Gasteiger partial charge in [0.25, 0.3) is 0 Å². The zero-order chi connectivity index (χ0) is 23.5. The Kier molecular flexibility index (Phi) is 7.91. The fourth-order valence-electron chi connectivity index (χ4n) is 5.28. The van der Waals surface area contributed by atoms with E-state index in [1.54, 1.807) is 0 Å². The molecule has 2 fully saturated rings. The summed E-state index contributed by atoms with van der Waals surface area (Å²) in [5.41, 5.74) is 2.55. The number of carbonyl (C=O) groups is 2. The van der Waals surface area contributed by atoms with Crippen LogP contribution in [0.4, 0.5) is 8.78 Å². The van der Waals surface area contributed by atoms with Crippen molar-refractivity contribution in [2.75, 3.05) is 26.7 Å². The minimum absolute atomic E-state index is 0.0236. The first-order valence-electron chi connectivity index (χ1n) is 11.7. The Balaban J connectivity index is 1.80. The van der Waals surface area contributed by atoms with Crippen molar-refractivity contribution in [3.63, 3.8) is 0 Å². The van der Waals surface area contributed by atoms with E-state index in [0.717, 1.165) is 31.6 Å². The van der Waals surface area contributed by atoms with Gasteiger partial charge in [-0.05, 0) is 50.3 Å². The average molecular weight is 451 g/mol. The van der Waals surface area contributed by atoms with Crippen molar-refractivity contribution in [3.8, 4) is 0 Å². The van der Waals surface area contributed by atoms with Crippen LogP contribution in [0, 0.1) is 11.8 Å². The summed E-state index contributed by atoms with van der Waals surface area (Å²) in [5.74, 6) is -2.57. The van der Waals surface area contributed by atoms with E-state index in [0.29, 0.717) is 42.5 Å². The molecular weight excluding hydrogens is 414 g/mol. The summed E-state index contributed by atoms with van der Waals surface area (Å²) in [6.45, 7) is 9.84. The van der Waals surface area contributed by atoms with Gasteiger partial charge in [-0.2, -0.15) is 0 Å². The van der Waals surface area contributed by atoms with E-state index in [1.165, 1.54) is 13.2 Å². The molecule has 1 aliphatic carbocycles. The summed E-state index contributed by atoms with van der Waals surface area (Å²) in [6, 6.07) is 0.227. The quantitative estimate of drug-likeness (QED) is 0.460. The van der Waals surface area contributed by atoms with Crippen LogP contribution in [0.2, 0.25) is 0 Å². The highest BCUT2D eigenvalue weighted by molar-refractivity contribution is 6.05. The van der Waals surface area contributed by atoms with Gasteiger partial charge in [-0.15, -0.1) is 0 Å². The molecule has 0 radical (unpaired) electrons. The lowest BCUT2D eigenvalue weighted by Gasteiger charge is -2.41. The number of piperidine rings is 1. The van der Waals surface area contributed by atoms with Crippen LogP contribution >= 0.6 is 0 Å². The molecule has 1 saturated heterocycles. The number of carbonyl (C=O) groups excluding carboxylic acids is 2. The number of Topliss-reactive ketones (excluding diaryl/α,β-unsaturated/α-hetero) is 1. The summed E-state index contributed by atoms with van der Waals surface area (Å²) in [5, 5.41) is 3.41. The molecule has 0 spiro atoms. The fourth-order valence-corrected chi connectivity index (χ4v) is 5.28. The Morgan fingerprint density at radius 3 is 2.38 bits per heavy atom. The summed E-state index contributed by atoms with van der Waals surface area (Å²) in [6.07, 6.45) is 4.65. The minimum Gasteiger partial charge on any atom is -0.465 e. The molecule has 0 unspecified atom stereocenters. The van der Waals surface area contributed by atoms with Crippen LogP contribution in [0.1, 0.15) is 58.8 Å². The van der Waals surface area contributed by atoms with E-state index in [-0.39, 0.29) is 36.5 Å². The number of nitrogens with one attached hydrogen (secondary N) is 1. The molecule has 0 amide bonds. The molecule has 32 heavy (non-hydrogen) atoms. The molecule has 0 bridgehead atoms. The van der Waals surface area contributed by atoms with Gasteiger partial charge in [0, 0.05) is 49.0 Å². The molecule has 1 N–H and O–H groups in total. The second kappa shape index (κ2) is 10.3. The van der Waals surface area contributed by atoms with Gasteiger partial charge in [-0.1, -0.05) is 26.5 Å². The lowest BCUT2D eigenvalue weighted by molar-refractivity contribution is -0.135. The molecule has 0 aromatic carbocycles. The van der Waals surface area contributed by atoms with Gasteiger partial charge >= 0.3 is 5.97 Å². The second-order valence-electron chi connectivity index (χ2n) is 9.65. The van der Waals surface area contributed by atoms with E-state index in [1.807, 2.05) is 13.8 Å². The average Bonchev–Trinajstić information content (AvgIpc) is 3.18. The van der Waals surface area contributed by atoms with Gasteiger partial charge in [0.2, 0.25) is 5.92 Å². The third kappa shape index (κ3) is 5.48. The number of nitrogens with zero attached hydrogens (tertiary/aromatic N) is 1. The Bertz CT molecular complexity index is 798. The van der Waals surface area contributed by atoms with E-state index in [2.05, 4.69) is 16.8 Å². The number of likely N-dealkylation sites (tertiary alicyclic amines) is 1. The maximum Gasteiger partial charge on any atom is 0.338 e. The van der Waals surface area contributed by atoms with E-state index in [9.17, 15) is 18.4 Å². The number of hydrogen-bond acceptors (Lipinski definition) is 5. The molecule has 0 aromatic rings. The van der Waals surface area contributed by atoms with Gasteiger partial charge in [-0.3, -0.25) is 4.79 Å². The first kappa shape index (κ1) is 24.6. The van der Waals surface area contributed by atoms with Crippen molar-refractivity contribution >= 4 is 11.8 Å². The summed E-state index contributed by atoms with van der Waals surface area (Å²) >= 11 is 0. The third-order valence-corrected chi connectivity index (χ3v) is 6.97. The third-order valence-electron chi connectivity index (χ3n) is 6.97. The molecule has 178 valence electrons. The lowest BCUT2D eigenvalue weighted by atomic mass is 9.84. The standard InChI is InChI=1S/C25H36F2N2O3/c1-5-19(24(31)32-4)20-15-28-23(22(20)21(30)14-16(2)3)17-8-12-29(13-9-17)18-6-10-25(26,27)11-7-18/h5,16-18,28H,1,6-15H2,2-4H3/b20-19-. The molecule has 0 atom stereocenters. The van der Waals surface area contributed by atoms with Crippen LogP contribution < -0.4 is 5.32 Å². The number of esters is 1. The molecule has 2 aliphatic heterocycles. The van der Waals surface area contributed by atoms with Crippen LogP contribution in [0.15, 0.2) is 35.1 Å². The minimum atomic E-state index is -2.51. The SMILES string of the molecule is C=C/C(C(=O)OC)=C1\CNC(C2CCN(C3CCC(F)(F)CC3)CC2)=C1C(=O)CC(C)C. The van der Waals surface area contributed by atoms with Crippen LogP contribution in [0.25, 0.3) is 0 Å². The van der Waals surface area contributed by atoms with Crippen molar-refractivity contribution in [1.29, 1.82) is 0 Å². The number of halogens is 2. The zero-order valence-corrected chi connectivity index (χ0v) is 19.5. The summed E-state index contributed by atoms with van der Waals surface area (Å²) in [4.78, 5) is 27.9. The largest absolute Gasteiger partial charge is 0.465 e. The molecule has 7 heteroatoms. The van der Waals surface area contributed by atoms with Gasteiger partial charge in [0.05, 0.1) is 12.7 Å². The number of ketones is 1. The first-order valence-corrected chi connectivity index (χ1v) is 11.7. The molecule has 3 rings (SSSR count). The number of allylic oxidation sites excluding steroid dienone is 1. The Labute approximate surface area is 189 Å². The van der Waals surface area contributed by atoms with Crippen molar-refractivity contribution in [1.82, 2.24) is 10.2 Å². The molecule has 3 aliphatic rings. The van der Waals surface area contributed by atoms with Crippen LogP contribution in [0.5, 0.6) is 0 Å². The number of alkyl halides is 2. The Hall–Kier alpha value is -2.02. The van der Waals surface area contributed by atoms with Gasteiger partial charge in [0.1, 0.15) is 0 Å². The molecule has 1 saturated carbocycles. The molecule has 2 heterocycles. The second-order valence-corrected chi connectivity index (χ2v) is 9.65. The number of methoxy groups -OCH3 is 1. The number of ether oxygens (including phenoxy) is 1. The van der Waals surface area contributed by atoms with Crippen LogP contribution in [-0.4, -0.2) is 55.4 Å². The highest BCUT2D eigenvalue weighted by Crippen LogP contribution is 2.38. The highest BCUT2D eigenvalue weighted by atomic mass is 19.3. The van der Waals surface area contributed by atoms with E-state index in [4.69, 9.17) is 4.74 Å². The van der Waals surface area contributed by atoms with Gasteiger partial charge < -0.3 is 15.0 Å². The normalized spacial score (nSPS) is 24.4. The molecular formula is C25H36F2N2O3. The Morgan fingerprint density at radius 1 is 1.22 bits per heavy atom. The van der Waals surface area contributed by atoms with Gasteiger partial charge in [0.15, 0.2) is 5.78 Å². The van der Waals surface area contributed by atoms with Crippen molar-refractivity contribution in [2.24, 2.45) is 11.8 Å². The van der Waals surface area contributed by atoms with E-state index >= 15 is 0 Å². The maximum absolute atomic E-state index is 13.5. The highest BCUT2D eigenvalue weighted by Gasteiger charge is 2.39. The van der Waals surface area contributed by atoms with Crippen molar-refractivity contribution < 1.29 is 23.1 Å². The van der Waals surface area contributed by atoms with Crippen LogP contribution in [-0.2, 0) is 14.3 Å². The lowest BCUT2D eigenvalue weighted by Crippen LogP contribution is -2.45. The topological polar surface area (TPSA) is 58.6 Å². The monoisotopic (exact) mass is 450 g/mol. The number of hydrogen-bond donors (Lipinski definition) is 1.